The largest absolute Gasteiger partial charge is 0.393 e. The molecule has 0 radical (unpaired) electrons. The lowest BCUT2D eigenvalue weighted by Gasteiger charge is -2.15. The van der Waals surface area contributed by atoms with Gasteiger partial charge in [-0.2, -0.15) is 0 Å². The number of pyridine rings is 1. The Kier molecular flexibility index (Phi) is 4.91. The van der Waals surface area contributed by atoms with Gasteiger partial charge in [0.05, 0.1) is 6.10 Å². The lowest BCUT2D eigenvalue weighted by molar-refractivity contribution is 0.165. The van der Waals surface area contributed by atoms with Crippen LogP contribution in [0.1, 0.15) is 34.2 Å². The van der Waals surface area contributed by atoms with Crippen LogP contribution < -0.4 is 0 Å². The molecule has 0 saturated carbocycles. The molecule has 1 N–H and O–H groups in total. The minimum absolute atomic E-state index is 0.296. The molecule has 0 saturated heterocycles. The first-order chi connectivity index (χ1) is 9.56. The number of aryl methyl sites for hydroxylation is 4. The lowest BCUT2D eigenvalue weighted by Crippen LogP contribution is -2.13. The molecule has 0 spiro atoms. The smallest absolute Gasteiger partial charge is 0.0583 e. The molecule has 1 aromatic carbocycles. The highest BCUT2D eigenvalue weighted by atomic mass is 16.3. The molecule has 0 fully saturated rings. The van der Waals surface area contributed by atoms with Crippen molar-refractivity contribution >= 4 is 0 Å². The molecule has 20 heavy (non-hydrogen) atoms. The maximum absolute atomic E-state index is 10.3. The Bertz CT molecular complexity index is 540. The van der Waals surface area contributed by atoms with E-state index in [0.717, 1.165) is 19.3 Å². The minimum atomic E-state index is -0.296. The van der Waals surface area contributed by atoms with Crippen LogP contribution in [0.5, 0.6) is 0 Å². The van der Waals surface area contributed by atoms with Crippen LogP contribution in [0.4, 0.5) is 0 Å². The van der Waals surface area contributed by atoms with Gasteiger partial charge in [0.1, 0.15) is 0 Å². The predicted octanol–water partition coefficient (Wildman–Crippen LogP) is 3.54. The number of aliphatic hydroxyl groups is 1. The minimum Gasteiger partial charge on any atom is -0.393 e. The summed E-state index contributed by atoms with van der Waals surface area (Å²) in [5, 5.41) is 10.3. The molecule has 1 atom stereocenters. The van der Waals surface area contributed by atoms with E-state index in [4.69, 9.17) is 0 Å². The number of hydrogen-bond donors (Lipinski definition) is 1. The zero-order valence-corrected chi connectivity index (χ0v) is 12.6. The van der Waals surface area contributed by atoms with Gasteiger partial charge in [-0.3, -0.25) is 4.98 Å². The summed E-state index contributed by atoms with van der Waals surface area (Å²) in [5.74, 6) is 0. The van der Waals surface area contributed by atoms with Crippen molar-refractivity contribution in [3.63, 3.8) is 0 Å². The van der Waals surface area contributed by atoms with Crippen molar-refractivity contribution in [1.29, 1.82) is 0 Å². The second-order valence-electron chi connectivity index (χ2n) is 5.64. The Morgan fingerprint density at radius 2 is 1.85 bits per heavy atom. The van der Waals surface area contributed by atoms with Gasteiger partial charge in [0.15, 0.2) is 0 Å². The van der Waals surface area contributed by atoms with Crippen molar-refractivity contribution in [2.45, 2.75) is 46.1 Å². The van der Waals surface area contributed by atoms with Crippen LogP contribution in [0, 0.1) is 20.8 Å². The van der Waals surface area contributed by atoms with Crippen LogP contribution in [-0.4, -0.2) is 16.2 Å². The molecule has 0 amide bonds. The Morgan fingerprint density at radius 1 is 1.15 bits per heavy atom. The number of aromatic nitrogens is 1. The van der Waals surface area contributed by atoms with Crippen molar-refractivity contribution in [2.24, 2.45) is 0 Å². The number of nitrogens with zero attached hydrogens (tertiary/aromatic N) is 1. The van der Waals surface area contributed by atoms with E-state index < -0.39 is 0 Å². The van der Waals surface area contributed by atoms with E-state index in [-0.39, 0.29) is 6.10 Å². The van der Waals surface area contributed by atoms with Crippen molar-refractivity contribution in [3.8, 4) is 0 Å². The Morgan fingerprint density at radius 3 is 2.45 bits per heavy atom. The molecule has 2 rings (SSSR count). The molecule has 0 aliphatic carbocycles. The fourth-order valence-corrected chi connectivity index (χ4v) is 2.75. The van der Waals surface area contributed by atoms with Gasteiger partial charge >= 0.3 is 0 Å². The monoisotopic (exact) mass is 269 g/mol. The second kappa shape index (κ2) is 6.67. The van der Waals surface area contributed by atoms with Crippen LogP contribution in [0.15, 0.2) is 36.7 Å². The number of benzene rings is 1. The van der Waals surface area contributed by atoms with E-state index in [0.29, 0.717) is 0 Å². The van der Waals surface area contributed by atoms with Crippen molar-refractivity contribution in [3.05, 3.63) is 64.5 Å². The first-order valence-electron chi connectivity index (χ1n) is 7.20. The van der Waals surface area contributed by atoms with Crippen molar-refractivity contribution < 1.29 is 5.11 Å². The Hall–Kier alpha value is -1.67. The fourth-order valence-electron chi connectivity index (χ4n) is 2.75. The zero-order valence-electron chi connectivity index (χ0n) is 12.6. The number of rotatable bonds is 5. The Balaban J connectivity index is 1.96. The maximum Gasteiger partial charge on any atom is 0.0583 e. The normalized spacial score (nSPS) is 12.4. The van der Waals surface area contributed by atoms with Crippen LogP contribution >= 0.6 is 0 Å². The van der Waals surface area contributed by atoms with E-state index in [2.05, 4.69) is 44.0 Å². The van der Waals surface area contributed by atoms with Crippen LogP contribution in [0.2, 0.25) is 0 Å². The second-order valence-corrected chi connectivity index (χ2v) is 5.64. The summed E-state index contributed by atoms with van der Waals surface area (Å²) < 4.78 is 0. The number of aliphatic hydroxyl groups excluding tert-OH is 1. The molecule has 1 aromatic heterocycles. The van der Waals surface area contributed by atoms with E-state index in [1.165, 1.54) is 27.8 Å². The molecule has 0 aliphatic rings. The van der Waals surface area contributed by atoms with E-state index >= 15 is 0 Å². The predicted molar refractivity (Wildman–Crippen MR) is 82.9 cm³/mol. The van der Waals surface area contributed by atoms with Gasteiger partial charge in [0.2, 0.25) is 0 Å². The third kappa shape index (κ3) is 3.91. The summed E-state index contributed by atoms with van der Waals surface area (Å²) >= 11 is 0. The summed E-state index contributed by atoms with van der Waals surface area (Å²) in [6.07, 6.45) is 5.74. The van der Waals surface area contributed by atoms with Crippen molar-refractivity contribution in [1.82, 2.24) is 4.98 Å². The van der Waals surface area contributed by atoms with Crippen molar-refractivity contribution in [2.75, 3.05) is 0 Å². The first kappa shape index (κ1) is 14.7. The lowest BCUT2D eigenvalue weighted by atomic mass is 9.93. The fraction of sp³-hybridized carbons (Fsp3) is 0.389. The summed E-state index contributed by atoms with van der Waals surface area (Å²) in [7, 11) is 0. The number of hydrogen-bond acceptors (Lipinski definition) is 2. The zero-order chi connectivity index (χ0) is 14.5. The maximum atomic E-state index is 10.3. The highest BCUT2D eigenvalue weighted by molar-refractivity contribution is 5.37. The van der Waals surface area contributed by atoms with Crippen LogP contribution in [-0.2, 0) is 12.8 Å². The molecule has 2 nitrogen and oxygen atoms in total. The van der Waals surface area contributed by atoms with Crippen LogP contribution in [0.25, 0.3) is 0 Å². The van der Waals surface area contributed by atoms with Gasteiger partial charge in [0, 0.05) is 12.4 Å². The summed E-state index contributed by atoms with van der Waals surface area (Å²) in [5.41, 5.74) is 6.32. The summed E-state index contributed by atoms with van der Waals surface area (Å²) in [6.45, 7) is 6.37. The van der Waals surface area contributed by atoms with E-state index in [1.54, 1.807) is 6.20 Å². The first-order valence-corrected chi connectivity index (χ1v) is 7.20. The van der Waals surface area contributed by atoms with Gasteiger partial charge in [-0.1, -0.05) is 23.8 Å². The highest BCUT2D eigenvalue weighted by Crippen LogP contribution is 2.19. The average molecular weight is 269 g/mol. The molecular weight excluding hydrogens is 246 g/mol. The molecule has 1 heterocycles. The van der Waals surface area contributed by atoms with E-state index in [9.17, 15) is 5.11 Å². The Labute approximate surface area is 121 Å². The van der Waals surface area contributed by atoms with Gasteiger partial charge in [-0.25, -0.2) is 0 Å². The SMILES string of the molecule is Cc1cc(C)c(CC(O)CCc2cccnc2)c(C)c1. The molecule has 2 aromatic rings. The molecule has 0 aliphatic heterocycles. The third-order valence-corrected chi connectivity index (χ3v) is 3.77. The molecule has 0 bridgehead atoms. The average Bonchev–Trinajstić information content (AvgIpc) is 2.42. The third-order valence-electron chi connectivity index (χ3n) is 3.77. The highest BCUT2D eigenvalue weighted by Gasteiger charge is 2.10. The van der Waals surface area contributed by atoms with E-state index in [1.807, 2.05) is 12.3 Å². The summed E-state index contributed by atoms with van der Waals surface area (Å²) in [6, 6.07) is 8.38. The van der Waals surface area contributed by atoms with Gasteiger partial charge in [0.25, 0.3) is 0 Å². The van der Waals surface area contributed by atoms with Gasteiger partial charge < -0.3 is 5.11 Å². The molecular formula is C18H23NO. The molecule has 2 heteroatoms. The molecule has 1 unspecified atom stereocenters. The topological polar surface area (TPSA) is 33.1 Å². The van der Waals surface area contributed by atoms with Gasteiger partial charge in [-0.05, 0) is 68.4 Å². The quantitative estimate of drug-likeness (QED) is 0.900. The van der Waals surface area contributed by atoms with Gasteiger partial charge in [-0.15, -0.1) is 0 Å². The standard InChI is InChI=1S/C18H23NO/c1-13-9-14(2)18(15(3)10-13)11-17(20)7-6-16-5-4-8-19-12-16/h4-5,8-10,12,17,20H,6-7,11H2,1-3H3. The van der Waals surface area contributed by atoms with Crippen LogP contribution in [0.3, 0.4) is 0 Å². The summed E-state index contributed by atoms with van der Waals surface area (Å²) in [4.78, 5) is 4.10. The molecule has 106 valence electrons.